The molecule has 1 heterocycles. The summed E-state index contributed by atoms with van der Waals surface area (Å²) in [6.07, 6.45) is 2.84. The van der Waals surface area contributed by atoms with Crippen molar-refractivity contribution in [2.45, 2.75) is 30.8 Å². The molecule has 0 aromatic heterocycles. The van der Waals surface area contributed by atoms with Crippen LogP contribution in [0.3, 0.4) is 0 Å². The van der Waals surface area contributed by atoms with Gasteiger partial charge in [0.2, 0.25) is 10.0 Å². The number of rotatable bonds is 5. The van der Waals surface area contributed by atoms with Gasteiger partial charge in [-0.25, -0.2) is 12.7 Å². The van der Waals surface area contributed by atoms with E-state index in [1.165, 1.54) is 6.26 Å². The van der Waals surface area contributed by atoms with Crippen LogP contribution in [0.1, 0.15) is 31.4 Å². The van der Waals surface area contributed by atoms with Gasteiger partial charge in [-0.2, -0.15) is 0 Å². The van der Waals surface area contributed by atoms with E-state index in [0.29, 0.717) is 19.0 Å². The fourth-order valence-electron chi connectivity index (χ4n) is 2.54. The van der Waals surface area contributed by atoms with Gasteiger partial charge in [-0.3, -0.25) is 0 Å². The largest absolute Gasteiger partial charge is 0.389 e. The van der Waals surface area contributed by atoms with Gasteiger partial charge in [0.25, 0.3) is 0 Å². The number of hydrogen-bond donors (Lipinski definition) is 1. The topological polar surface area (TPSA) is 57.6 Å². The average Bonchev–Trinajstić information content (AvgIpc) is 2.45. The van der Waals surface area contributed by atoms with Crippen LogP contribution in [0.25, 0.3) is 0 Å². The molecule has 1 saturated heterocycles. The maximum atomic E-state index is 11.6. The van der Waals surface area contributed by atoms with E-state index in [2.05, 4.69) is 0 Å². The molecule has 1 N–H and O–H groups in total. The quantitative estimate of drug-likeness (QED) is 0.843. The van der Waals surface area contributed by atoms with Crippen LogP contribution in [0.4, 0.5) is 0 Å². The van der Waals surface area contributed by atoms with Crippen LogP contribution >= 0.6 is 11.8 Å². The van der Waals surface area contributed by atoms with E-state index in [1.807, 2.05) is 24.3 Å². The van der Waals surface area contributed by atoms with Crippen molar-refractivity contribution in [2.75, 3.05) is 25.1 Å². The summed E-state index contributed by atoms with van der Waals surface area (Å²) in [6.45, 7) is 3.04. The Labute approximate surface area is 131 Å². The van der Waals surface area contributed by atoms with E-state index in [9.17, 15) is 13.5 Å². The molecule has 1 aliphatic rings. The highest BCUT2D eigenvalue weighted by atomic mass is 32.2. The van der Waals surface area contributed by atoms with Crippen molar-refractivity contribution in [2.24, 2.45) is 5.92 Å². The minimum atomic E-state index is -3.07. The minimum Gasteiger partial charge on any atom is -0.389 e. The molecule has 2 unspecified atom stereocenters. The second-order valence-electron chi connectivity index (χ2n) is 5.69. The van der Waals surface area contributed by atoms with Gasteiger partial charge in [0.1, 0.15) is 0 Å². The van der Waals surface area contributed by atoms with E-state index in [1.54, 1.807) is 23.0 Å². The Morgan fingerprint density at radius 1 is 1.48 bits per heavy atom. The zero-order chi connectivity index (χ0) is 15.5. The number of benzene rings is 1. The van der Waals surface area contributed by atoms with Crippen LogP contribution in [-0.4, -0.2) is 42.9 Å². The van der Waals surface area contributed by atoms with Crippen molar-refractivity contribution in [1.82, 2.24) is 4.31 Å². The Hall–Kier alpha value is -0.560. The number of aliphatic hydroxyl groups excluding tert-OH is 1. The molecular formula is C15H23NO3S2. The molecule has 6 heteroatoms. The van der Waals surface area contributed by atoms with Crippen LogP contribution in [0.2, 0.25) is 0 Å². The number of nitrogens with zero attached hydrogens (tertiary/aromatic N) is 1. The molecule has 0 spiro atoms. The summed E-state index contributed by atoms with van der Waals surface area (Å²) in [5.41, 5.74) is 0.918. The molecule has 1 aliphatic heterocycles. The molecule has 0 saturated carbocycles. The van der Waals surface area contributed by atoms with Gasteiger partial charge in [-0.05, 0) is 43.4 Å². The zero-order valence-corrected chi connectivity index (χ0v) is 14.2. The van der Waals surface area contributed by atoms with Gasteiger partial charge in [0, 0.05) is 23.7 Å². The first-order valence-corrected chi connectivity index (χ1v) is 10.1. The zero-order valence-electron chi connectivity index (χ0n) is 12.5. The Balaban J connectivity index is 1.92. The predicted molar refractivity (Wildman–Crippen MR) is 86.9 cm³/mol. The molecule has 21 heavy (non-hydrogen) atoms. The highest BCUT2D eigenvalue weighted by molar-refractivity contribution is 7.99. The van der Waals surface area contributed by atoms with Crippen molar-refractivity contribution >= 4 is 21.8 Å². The molecule has 0 amide bonds. The summed E-state index contributed by atoms with van der Waals surface area (Å²) < 4.78 is 24.8. The maximum absolute atomic E-state index is 11.6. The third-order valence-corrected chi connectivity index (χ3v) is 6.27. The van der Waals surface area contributed by atoms with E-state index in [0.717, 1.165) is 29.1 Å². The standard InChI is InChI=1S/C15H23NO3S2/c1-12(17)14-6-3-7-15(9-14)20-11-13-5-4-8-16(10-13)21(2,18)19/h3,6-7,9,12-13,17H,4-5,8,10-11H2,1-2H3. The first-order valence-electron chi connectivity index (χ1n) is 7.22. The monoisotopic (exact) mass is 329 g/mol. The Kier molecular flexibility index (Phi) is 5.71. The smallest absolute Gasteiger partial charge is 0.211 e. The molecular weight excluding hydrogens is 306 g/mol. The molecule has 1 aromatic carbocycles. The summed E-state index contributed by atoms with van der Waals surface area (Å²) in [7, 11) is -3.07. The Bertz CT molecular complexity index is 572. The minimum absolute atomic E-state index is 0.397. The van der Waals surface area contributed by atoms with E-state index in [-0.39, 0.29) is 0 Å². The molecule has 0 bridgehead atoms. The first-order chi connectivity index (χ1) is 9.86. The van der Waals surface area contributed by atoms with Gasteiger partial charge in [0.05, 0.1) is 12.4 Å². The summed E-state index contributed by atoms with van der Waals surface area (Å²) in [4.78, 5) is 1.13. The van der Waals surface area contributed by atoms with Crippen LogP contribution in [0.5, 0.6) is 0 Å². The maximum Gasteiger partial charge on any atom is 0.211 e. The number of hydrogen-bond acceptors (Lipinski definition) is 4. The van der Waals surface area contributed by atoms with Crippen LogP contribution in [-0.2, 0) is 10.0 Å². The van der Waals surface area contributed by atoms with Crippen molar-refractivity contribution in [3.8, 4) is 0 Å². The van der Waals surface area contributed by atoms with Crippen LogP contribution in [0, 0.1) is 5.92 Å². The lowest BCUT2D eigenvalue weighted by atomic mass is 10.0. The third-order valence-electron chi connectivity index (χ3n) is 3.78. The third kappa shape index (κ3) is 4.98. The SMILES string of the molecule is CC(O)c1cccc(SCC2CCCN(S(C)(=O)=O)C2)c1. The van der Waals surface area contributed by atoms with Gasteiger partial charge >= 0.3 is 0 Å². The summed E-state index contributed by atoms with van der Waals surface area (Å²) >= 11 is 1.74. The lowest BCUT2D eigenvalue weighted by molar-refractivity contribution is 0.199. The van der Waals surface area contributed by atoms with Crippen LogP contribution < -0.4 is 0 Å². The lowest BCUT2D eigenvalue weighted by Gasteiger charge is -2.30. The molecule has 1 aromatic rings. The molecule has 0 aliphatic carbocycles. The van der Waals surface area contributed by atoms with Crippen LogP contribution in [0.15, 0.2) is 29.2 Å². The lowest BCUT2D eigenvalue weighted by Crippen LogP contribution is -2.39. The predicted octanol–water partition coefficient (Wildman–Crippen LogP) is 2.50. The first kappa shape index (κ1) is 16.8. The van der Waals surface area contributed by atoms with Gasteiger partial charge < -0.3 is 5.11 Å². The molecule has 2 rings (SSSR count). The van der Waals surface area contributed by atoms with Crippen molar-refractivity contribution < 1.29 is 13.5 Å². The normalized spacial score (nSPS) is 22.1. The fourth-order valence-corrected chi connectivity index (χ4v) is 4.58. The van der Waals surface area contributed by atoms with E-state index < -0.39 is 16.1 Å². The number of thioether (sulfide) groups is 1. The number of aliphatic hydroxyl groups is 1. The number of sulfonamides is 1. The Morgan fingerprint density at radius 2 is 2.24 bits per heavy atom. The van der Waals surface area contributed by atoms with Gasteiger partial charge in [-0.15, -0.1) is 11.8 Å². The van der Waals surface area contributed by atoms with E-state index in [4.69, 9.17) is 0 Å². The summed E-state index contributed by atoms with van der Waals surface area (Å²) in [5, 5.41) is 9.61. The van der Waals surface area contributed by atoms with Gasteiger partial charge in [-0.1, -0.05) is 12.1 Å². The molecule has 1 fully saturated rings. The molecule has 118 valence electrons. The molecule has 4 nitrogen and oxygen atoms in total. The highest BCUT2D eigenvalue weighted by Gasteiger charge is 2.25. The molecule has 2 atom stereocenters. The summed E-state index contributed by atoms with van der Waals surface area (Å²) in [6, 6.07) is 7.91. The summed E-state index contributed by atoms with van der Waals surface area (Å²) in [5.74, 6) is 1.31. The number of piperidine rings is 1. The van der Waals surface area contributed by atoms with Crippen molar-refractivity contribution in [3.63, 3.8) is 0 Å². The van der Waals surface area contributed by atoms with E-state index >= 15 is 0 Å². The van der Waals surface area contributed by atoms with Gasteiger partial charge in [0.15, 0.2) is 0 Å². The second-order valence-corrected chi connectivity index (χ2v) is 8.76. The fraction of sp³-hybridized carbons (Fsp3) is 0.600. The molecule has 0 radical (unpaired) electrons. The average molecular weight is 329 g/mol. The van der Waals surface area contributed by atoms with Crippen molar-refractivity contribution in [3.05, 3.63) is 29.8 Å². The second kappa shape index (κ2) is 7.13. The Morgan fingerprint density at radius 3 is 2.90 bits per heavy atom. The highest BCUT2D eigenvalue weighted by Crippen LogP contribution is 2.28. The van der Waals surface area contributed by atoms with Crippen molar-refractivity contribution in [1.29, 1.82) is 0 Å².